The predicted octanol–water partition coefficient (Wildman–Crippen LogP) is 2.10. The summed E-state index contributed by atoms with van der Waals surface area (Å²) in [5, 5.41) is 6.44. The van der Waals surface area contributed by atoms with Crippen LogP contribution in [0.25, 0.3) is 0 Å². The number of nitrogens with one attached hydrogen (secondary N) is 1. The van der Waals surface area contributed by atoms with Gasteiger partial charge in [-0.05, 0) is 12.5 Å². The third kappa shape index (κ3) is 3.42. The quantitative estimate of drug-likeness (QED) is 0.894. The van der Waals surface area contributed by atoms with E-state index in [0.717, 1.165) is 5.56 Å². The van der Waals surface area contributed by atoms with Gasteiger partial charge in [-0.25, -0.2) is 0 Å². The maximum Gasteiger partial charge on any atom is 0.273 e. The Morgan fingerprint density at radius 2 is 2.16 bits per heavy atom. The van der Waals surface area contributed by atoms with Crippen LogP contribution in [0.15, 0.2) is 40.9 Å². The molecular weight excluding hydrogens is 244 g/mol. The summed E-state index contributed by atoms with van der Waals surface area (Å²) in [6.45, 7) is 2.12. The number of benzene rings is 1. The summed E-state index contributed by atoms with van der Waals surface area (Å²) in [5.74, 6) is 0.339. The van der Waals surface area contributed by atoms with Crippen molar-refractivity contribution in [2.24, 2.45) is 0 Å². The molecule has 0 aliphatic heterocycles. The topological polar surface area (TPSA) is 64.4 Å². The summed E-state index contributed by atoms with van der Waals surface area (Å²) in [5.41, 5.74) is 1.29. The lowest BCUT2D eigenvalue weighted by atomic mass is 10.1. The van der Waals surface area contributed by atoms with Crippen LogP contribution in [0.5, 0.6) is 0 Å². The van der Waals surface area contributed by atoms with Gasteiger partial charge in [0.1, 0.15) is 5.76 Å². The molecule has 1 N–H and O–H groups in total. The van der Waals surface area contributed by atoms with E-state index in [4.69, 9.17) is 9.26 Å². The first-order valence-electron chi connectivity index (χ1n) is 6.00. The van der Waals surface area contributed by atoms with E-state index < -0.39 is 0 Å². The van der Waals surface area contributed by atoms with Gasteiger partial charge < -0.3 is 14.6 Å². The number of methoxy groups -OCH3 is 1. The van der Waals surface area contributed by atoms with Crippen LogP contribution in [0.3, 0.4) is 0 Å². The van der Waals surface area contributed by atoms with Gasteiger partial charge in [0.2, 0.25) is 0 Å². The van der Waals surface area contributed by atoms with Crippen molar-refractivity contribution >= 4 is 5.91 Å². The zero-order valence-corrected chi connectivity index (χ0v) is 10.9. The second-order valence-electron chi connectivity index (χ2n) is 4.17. The van der Waals surface area contributed by atoms with E-state index in [0.29, 0.717) is 12.3 Å². The number of carbonyl (C=O) groups is 1. The maximum atomic E-state index is 11.8. The molecule has 2 rings (SSSR count). The number of hydrogen-bond donors (Lipinski definition) is 1. The molecule has 0 bridgehead atoms. The fourth-order valence-corrected chi connectivity index (χ4v) is 1.75. The number of ether oxygens (including phenoxy) is 1. The van der Waals surface area contributed by atoms with Crippen molar-refractivity contribution in [1.29, 1.82) is 0 Å². The molecule has 2 aromatic rings. The number of aryl methyl sites for hydroxylation is 1. The first-order valence-corrected chi connectivity index (χ1v) is 6.00. The summed E-state index contributed by atoms with van der Waals surface area (Å²) in [6.07, 6.45) is -0.182. The van der Waals surface area contributed by atoms with Crippen molar-refractivity contribution in [3.05, 3.63) is 53.4 Å². The molecular formula is C14H16N2O3. The Bertz CT molecular complexity index is 537. The van der Waals surface area contributed by atoms with Gasteiger partial charge in [-0.2, -0.15) is 0 Å². The average molecular weight is 260 g/mol. The number of hydrogen-bond acceptors (Lipinski definition) is 4. The zero-order chi connectivity index (χ0) is 13.7. The Morgan fingerprint density at radius 1 is 1.42 bits per heavy atom. The second kappa shape index (κ2) is 6.15. The molecule has 5 heteroatoms. The molecule has 19 heavy (non-hydrogen) atoms. The average Bonchev–Trinajstić information content (AvgIpc) is 2.87. The number of aromatic nitrogens is 1. The van der Waals surface area contributed by atoms with Crippen LogP contribution in [-0.4, -0.2) is 24.7 Å². The van der Waals surface area contributed by atoms with Gasteiger partial charge in [-0.3, -0.25) is 4.79 Å². The van der Waals surface area contributed by atoms with Gasteiger partial charge in [-0.15, -0.1) is 0 Å². The van der Waals surface area contributed by atoms with E-state index in [1.807, 2.05) is 30.3 Å². The predicted molar refractivity (Wildman–Crippen MR) is 69.8 cm³/mol. The minimum Gasteiger partial charge on any atom is -0.375 e. The van der Waals surface area contributed by atoms with Crippen LogP contribution in [0.1, 0.15) is 27.9 Å². The van der Waals surface area contributed by atoms with Crippen molar-refractivity contribution in [2.45, 2.75) is 13.0 Å². The van der Waals surface area contributed by atoms with Crippen molar-refractivity contribution in [3.8, 4) is 0 Å². The Morgan fingerprint density at radius 3 is 2.74 bits per heavy atom. The molecule has 0 aliphatic carbocycles. The summed E-state index contributed by atoms with van der Waals surface area (Å²) in [4.78, 5) is 11.8. The van der Waals surface area contributed by atoms with Gasteiger partial charge in [0.25, 0.3) is 5.91 Å². The van der Waals surface area contributed by atoms with Crippen LogP contribution in [0, 0.1) is 6.92 Å². The summed E-state index contributed by atoms with van der Waals surface area (Å²) < 4.78 is 10.2. The van der Waals surface area contributed by atoms with Crippen LogP contribution >= 0.6 is 0 Å². The Labute approximate surface area is 111 Å². The van der Waals surface area contributed by atoms with E-state index in [-0.39, 0.29) is 17.7 Å². The van der Waals surface area contributed by atoms with E-state index in [1.165, 1.54) is 0 Å². The fraction of sp³-hybridized carbons (Fsp3) is 0.286. The molecule has 0 spiro atoms. The van der Waals surface area contributed by atoms with Gasteiger partial charge in [0, 0.05) is 19.7 Å². The highest BCUT2D eigenvalue weighted by Gasteiger charge is 2.14. The normalized spacial score (nSPS) is 12.1. The molecule has 0 radical (unpaired) electrons. The monoisotopic (exact) mass is 260 g/mol. The third-order valence-electron chi connectivity index (χ3n) is 2.76. The lowest BCUT2D eigenvalue weighted by molar-refractivity contribution is 0.0821. The maximum absolute atomic E-state index is 11.8. The van der Waals surface area contributed by atoms with Crippen LogP contribution < -0.4 is 5.32 Å². The van der Waals surface area contributed by atoms with Crippen LogP contribution in [-0.2, 0) is 4.74 Å². The molecule has 1 aromatic carbocycles. The van der Waals surface area contributed by atoms with E-state index in [1.54, 1.807) is 20.1 Å². The molecule has 0 fully saturated rings. The Kier molecular flexibility index (Phi) is 4.30. The third-order valence-corrected chi connectivity index (χ3v) is 2.76. The summed E-state index contributed by atoms with van der Waals surface area (Å²) in [7, 11) is 1.62. The lowest BCUT2D eigenvalue weighted by Gasteiger charge is -2.15. The minimum absolute atomic E-state index is 0.182. The highest BCUT2D eigenvalue weighted by Crippen LogP contribution is 2.15. The van der Waals surface area contributed by atoms with Crippen LogP contribution in [0.4, 0.5) is 0 Å². The number of rotatable bonds is 5. The molecule has 0 aliphatic rings. The van der Waals surface area contributed by atoms with Crippen molar-refractivity contribution in [3.63, 3.8) is 0 Å². The number of amides is 1. The molecule has 1 atom stereocenters. The highest BCUT2D eigenvalue weighted by atomic mass is 16.5. The standard InChI is InChI=1S/C14H16N2O3/c1-10-8-12(16-19-10)14(17)15-9-13(18-2)11-6-4-3-5-7-11/h3-8,13H,9H2,1-2H3,(H,15,17)/t13-/m0/s1. The summed E-state index contributed by atoms with van der Waals surface area (Å²) in [6, 6.07) is 11.3. The fourth-order valence-electron chi connectivity index (χ4n) is 1.75. The van der Waals surface area contributed by atoms with E-state index >= 15 is 0 Å². The molecule has 1 heterocycles. The molecule has 0 saturated heterocycles. The molecule has 100 valence electrons. The van der Waals surface area contributed by atoms with Gasteiger partial charge >= 0.3 is 0 Å². The smallest absolute Gasteiger partial charge is 0.273 e. The molecule has 1 aromatic heterocycles. The Balaban J connectivity index is 1.95. The molecule has 0 unspecified atom stereocenters. The van der Waals surface area contributed by atoms with Gasteiger partial charge in [0.05, 0.1) is 6.10 Å². The van der Waals surface area contributed by atoms with Gasteiger partial charge in [-0.1, -0.05) is 35.5 Å². The van der Waals surface area contributed by atoms with E-state index in [9.17, 15) is 4.79 Å². The lowest BCUT2D eigenvalue weighted by Crippen LogP contribution is -2.29. The van der Waals surface area contributed by atoms with Crippen molar-refractivity contribution in [2.75, 3.05) is 13.7 Å². The first-order chi connectivity index (χ1) is 9.20. The Hall–Kier alpha value is -2.14. The second-order valence-corrected chi connectivity index (χ2v) is 4.17. The number of nitrogens with zero attached hydrogens (tertiary/aromatic N) is 1. The molecule has 1 amide bonds. The van der Waals surface area contributed by atoms with Crippen molar-refractivity contribution < 1.29 is 14.1 Å². The first kappa shape index (κ1) is 13.3. The zero-order valence-electron chi connectivity index (χ0n) is 10.9. The summed E-state index contributed by atoms with van der Waals surface area (Å²) >= 11 is 0. The van der Waals surface area contributed by atoms with Crippen molar-refractivity contribution in [1.82, 2.24) is 10.5 Å². The van der Waals surface area contributed by atoms with Gasteiger partial charge in [0.15, 0.2) is 5.69 Å². The largest absolute Gasteiger partial charge is 0.375 e. The van der Waals surface area contributed by atoms with Crippen LogP contribution in [0.2, 0.25) is 0 Å². The molecule has 0 saturated carbocycles. The minimum atomic E-state index is -0.269. The number of carbonyl (C=O) groups excluding carboxylic acids is 1. The molecule has 5 nitrogen and oxygen atoms in total. The van der Waals surface area contributed by atoms with E-state index in [2.05, 4.69) is 10.5 Å². The highest BCUT2D eigenvalue weighted by molar-refractivity contribution is 5.92. The SMILES string of the molecule is CO[C@@H](CNC(=O)c1cc(C)on1)c1ccccc1.